The predicted molar refractivity (Wildman–Crippen MR) is 87.6 cm³/mol. The number of hydrogen-bond acceptors (Lipinski definition) is 3. The number of phenolic OH excluding ortho intramolecular Hbond substituents is 1. The van der Waals surface area contributed by atoms with Crippen LogP contribution < -0.4 is 0 Å². The van der Waals surface area contributed by atoms with Gasteiger partial charge in [0.2, 0.25) is 0 Å². The first-order chi connectivity index (χ1) is 11.2. The standard InChI is InChI=1S/C19H22FNO2/c20-18-9-3-1-6-15(18)12-21(14-17-8-5-11-23-17)13-16-7-2-4-10-19(16)22/h1-4,6-7,9-10,17,22H,5,8,11-14H2. The molecule has 0 bridgehead atoms. The molecule has 1 fully saturated rings. The summed E-state index contributed by atoms with van der Waals surface area (Å²) in [6, 6.07) is 14.1. The fraction of sp³-hybridized carbons (Fsp3) is 0.368. The minimum absolute atomic E-state index is 0.188. The number of hydrogen-bond donors (Lipinski definition) is 1. The number of para-hydroxylation sites is 1. The van der Waals surface area contributed by atoms with Crippen molar-refractivity contribution < 1.29 is 14.2 Å². The van der Waals surface area contributed by atoms with Crippen LogP contribution in [0, 0.1) is 5.82 Å². The van der Waals surface area contributed by atoms with Gasteiger partial charge in [-0.3, -0.25) is 4.90 Å². The first-order valence-corrected chi connectivity index (χ1v) is 8.06. The number of halogens is 1. The fourth-order valence-electron chi connectivity index (χ4n) is 3.01. The second-order valence-electron chi connectivity index (χ2n) is 6.02. The van der Waals surface area contributed by atoms with Crippen LogP contribution in [0.5, 0.6) is 5.75 Å². The first-order valence-electron chi connectivity index (χ1n) is 8.06. The largest absolute Gasteiger partial charge is 0.508 e. The highest BCUT2D eigenvalue weighted by Crippen LogP contribution is 2.22. The van der Waals surface area contributed by atoms with Crippen molar-refractivity contribution in [2.75, 3.05) is 13.2 Å². The summed E-state index contributed by atoms with van der Waals surface area (Å²) in [5.41, 5.74) is 1.52. The molecule has 0 spiro atoms. The SMILES string of the molecule is Oc1ccccc1CN(Cc1ccccc1F)CC1CCCO1. The molecule has 1 unspecified atom stereocenters. The summed E-state index contributed by atoms with van der Waals surface area (Å²) in [6.07, 6.45) is 2.30. The lowest BCUT2D eigenvalue weighted by molar-refractivity contribution is 0.0672. The van der Waals surface area contributed by atoms with Gasteiger partial charge in [0.05, 0.1) is 6.10 Å². The van der Waals surface area contributed by atoms with Crippen LogP contribution >= 0.6 is 0 Å². The Morgan fingerprint density at radius 3 is 2.43 bits per heavy atom. The van der Waals surface area contributed by atoms with Crippen molar-refractivity contribution in [3.63, 3.8) is 0 Å². The zero-order valence-corrected chi connectivity index (χ0v) is 13.1. The molecule has 1 atom stereocenters. The number of ether oxygens (including phenoxy) is 1. The monoisotopic (exact) mass is 315 g/mol. The zero-order chi connectivity index (χ0) is 16.1. The molecule has 2 aromatic rings. The van der Waals surface area contributed by atoms with E-state index < -0.39 is 0 Å². The van der Waals surface area contributed by atoms with E-state index in [9.17, 15) is 9.50 Å². The maximum atomic E-state index is 14.0. The Labute approximate surface area is 136 Å². The van der Waals surface area contributed by atoms with E-state index >= 15 is 0 Å². The van der Waals surface area contributed by atoms with Gasteiger partial charge in [0.15, 0.2) is 0 Å². The Morgan fingerprint density at radius 1 is 1.04 bits per heavy atom. The molecule has 1 aliphatic rings. The minimum Gasteiger partial charge on any atom is -0.508 e. The highest BCUT2D eigenvalue weighted by Gasteiger charge is 2.21. The number of nitrogens with zero attached hydrogens (tertiary/aromatic N) is 1. The third-order valence-electron chi connectivity index (χ3n) is 4.22. The molecular weight excluding hydrogens is 293 g/mol. The van der Waals surface area contributed by atoms with Crippen LogP contribution in [0.15, 0.2) is 48.5 Å². The quantitative estimate of drug-likeness (QED) is 0.882. The van der Waals surface area contributed by atoms with Gasteiger partial charge in [0, 0.05) is 37.4 Å². The van der Waals surface area contributed by atoms with E-state index in [-0.39, 0.29) is 17.7 Å². The maximum absolute atomic E-state index is 14.0. The van der Waals surface area contributed by atoms with Crippen molar-refractivity contribution in [1.29, 1.82) is 0 Å². The summed E-state index contributed by atoms with van der Waals surface area (Å²) in [4.78, 5) is 2.14. The Morgan fingerprint density at radius 2 is 1.74 bits per heavy atom. The van der Waals surface area contributed by atoms with Crippen LogP contribution in [0.3, 0.4) is 0 Å². The smallest absolute Gasteiger partial charge is 0.127 e. The van der Waals surface area contributed by atoms with Gasteiger partial charge in [0.1, 0.15) is 11.6 Å². The lowest BCUT2D eigenvalue weighted by atomic mass is 10.1. The second kappa shape index (κ2) is 7.57. The summed E-state index contributed by atoms with van der Waals surface area (Å²) >= 11 is 0. The lowest BCUT2D eigenvalue weighted by Crippen LogP contribution is -2.31. The van der Waals surface area contributed by atoms with Crippen molar-refractivity contribution in [3.05, 3.63) is 65.5 Å². The highest BCUT2D eigenvalue weighted by atomic mass is 19.1. The maximum Gasteiger partial charge on any atom is 0.127 e. The normalized spacial score (nSPS) is 17.7. The van der Waals surface area contributed by atoms with Crippen LogP contribution in [0.1, 0.15) is 24.0 Å². The van der Waals surface area contributed by atoms with Gasteiger partial charge in [-0.15, -0.1) is 0 Å². The van der Waals surface area contributed by atoms with E-state index in [1.165, 1.54) is 6.07 Å². The number of aromatic hydroxyl groups is 1. The third kappa shape index (κ3) is 4.30. The number of phenols is 1. The van der Waals surface area contributed by atoms with Gasteiger partial charge in [-0.1, -0.05) is 36.4 Å². The van der Waals surface area contributed by atoms with Crippen LogP contribution in [-0.2, 0) is 17.8 Å². The van der Waals surface area contributed by atoms with Crippen LogP contribution in [0.4, 0.5) is 4.39 Å². The molecule has 4 heteroatoms. The van der Waals surface area contributed by atoms with Crippen molar-refractivity contribution in [3.8, 4) is 5.75 Å². The van der Waals surface area contributed by atoms with Crippen molar-refractivity contribution in [1.82, 2.24) is 4.90 Å². The Balaban J connectivity index is 1.75. The number of rotatable bonds is 6. The minimum atomic E-state index is -0.192. The molecule has 1 saturated heterocycles. The number of benzene rings is 2. The average Bonchev–Trinajstić information content (AvgIpc) is 3.05. The summed E-state index contributed by atoms with van der Waals surface area (Å²) in [6.45, 7) is 2.61. The molecule has 3 rings (SSSR count). The summed E-state index contributed by atoms with van der Waals surface area (Å²) in [7, 11) is 0. The van der Waals surface area contributed by atoms with Gasteiger partial charge in [-0.2, -0.15) is 0 Å². The van der Waals surface area contributed by atoms with Crippen molar-refractivity contribution in [2.45, 2.75) is 32.0 Å². The van der Waals surface area contributed by atoms with Crippen LogP contribution in [0.2, 0.25) is 0 Å². The summed E-state index contributed by atoms with van der Waals surface area (Å²) in [5, 5.41) is 10.0. The van der Waals surface area contributed by atoms with E-state index in [1.807, 2.05) is 24.3 Å². The molecular formula is C19H22FNO2. The van der Waals surface area contributed by atoms with Crippen LogP contribution in [0.25, 0.3) is 0 Å². The fourth-order valence-corrected chi connectivity index (χ4v) is 3.01. The molecule has 0 saturated carbocycles. The van der Waals surface area contributed by atoms with E-state index in [0.29, 0.717) is 18.7 Å². The molecule has 3 nitrogen and oxygen atoms in total. The van der Waals surface area contributed by atoms with E-state index in [2.05, 4.69) is 4.90 Å². The molecule has 0 aromatic heterocycles. The highest BCUT2D eigenvalue weighted by molar-refractivity contribution is 5.31. The van der Waals surface area contributed by atoms with Gasteiger partial charge in [0.25, 0.3) is 0 Å². The molecule has 1 N–H and O–H groups in total. The first kappa shape index (κ1) is 16.0. The van der Waals surface area contributed by atoms with E-state index in [0.717, 1.165) is 31.6 Å². The molecule has 1 heterocycles. The van der Waals surface area contributed by atoms with Gasteiger partial charge in [-0.25, -0.2) is 4.39 Å². The summed E-state index contributed by atoms with van der Waals surface area (Å²) < 4.78 is 19.7. The Hall–Kier alpha value is -1.91. The lowest BCUT2D eigenvalue weighted by Gasteiger charge is -2.26. The van der Waals surface area contributed by atoms with Gasteiger partial charge < -0.3 is 9.84 Å². The Kier molecular flexibility index (Phi) is 5.26. The van der Waals surface area contributed by atoms with Crippen molar-refractivity contribution >= 4 is 0 Å². The predicted octanol–water partition coefficient (Wildman–Crippen LogP) is 3.71. The third-order valence-corrected chi connectivity index (χ3v) is 4.22. The van der Waals surface area contributed by atoms with Gasteiger partial charge >= 0.3 is 0 Å². The molecule has 23 heavy (non-hydrogen) atoms. The second-order valence-corrected chi connectivity index (χ2v) is 6.02. The topological polar surface area (TPSA) is 32.7 Å². The van der Waals surface area contributed by atoms with Gasteiger partial charge in [-0.05, 0) is 25.0 Å². The molecule has 122 valence electrons. The van der Waals surface area contributed by atoms with E-state index in [4.69, 9.17) is 4.74 Å². The van der Waals surface area contributed by atoms with Crippen molar-refractivity contribution in [2.24, 2.45) is 0 Å². The molecule has 0 amide bonds. The zero-order valence-electron chi connectivity index (χ0n) is 13.1. The molecule has 2 aromatic carbocycles. The van der Waals surface area contributed by atoms with Crippen LogP contribution in [-0.4, -0.2) is 29.3 Å². The molecule has 0 radical (unpaired) electrons. The Bertz CT molecular complexity index is 593. The molecule has 1 aliphatic heterocycles. The van der Waals surface area contributed by atoms with E-state index in [1.54, 1.807) is 18.2 Å². The average molecular weight is 315 g/mol. The summed E-state index contributed by atoms with van der Waals surface area (Å²) in [5.74, 6) is 0.0838. The molecule has 0 aliphatic carbocycles.